The fourth-order valence-electron chi connectivity index (χ4n) is 2.64. The average Bonchev–Trinajstić information content (AvgIpc) is 2.84. The fraction of sp³-hybridized carbons (Fsp3) is 0.571. The van der Waals surface area contributed by atoms with Crippen LogP contribution in [0.2, 0.25) is 0 Å². The molecule has 0 unspecified atom stereocenters. The van der Waals surface area contributed by atoms with Gasteiger partial charge in [0, 0.05) is 12.6 Å². The highest BCUT2D eigenvalue weighted by molar-refractivity contribution is 5.17. The summed E-state index contributed by atoms with van der Waals surface area (Å²) in [5.74, 6) is -1.51. The lowest BCUT2D eigenvalue weighted by Gasteiger charge is -2.27. The monoisotopic (exact) mass is 239 g/mol. The van der Waals surface area contributed by atoms with Crippen LogP contribution >= 0.6 is 0 Å². The molecule has 0 N–H and O–H groups in total. The van der Waals surface area contributed by atoms with E-state index in [-0.39, 0.29) is 0 Å². The zero-order valence-electron chi connectivity index (χ0n) is 10.3. The Morgan fingerprint density at radius 3 is 2.47 bits per heavy atom. The molecule has 1 saturated carbocycles. The van der Waals surface area contributed by atoms with Gasteiger partial charge < -0.3 is 0 Å². The third-order valence-electron chi connectivity index (χ3n) is 3.62. The van der Waals surface area contributed by atoms with Crippen LogP contribution in [0.25, 0.3) is 0 Å². The number of hydrogen-bond acceptors (Lipinski definition) is 1. The SMILES string of the molecule is CCN(Cc1ccc(F)c(F)c1)C1CCCC1. The third-order valence-corrected chi connectivity index (χ3v) is 3.62. The second-order valence-corrected chi connectivity index (χ2v) is 4.75. The van der Waals surface area contributed by atoms with E-state index in [0.29, 0.717) is 6.04 Å². The first-order valence-corrected chi connectivity index (χ1v) is 6.38. The summed E-state index contributed by atoms with van der Waals surface area (Å²) in [6.45, 7) is 3.81. The zero-order valence-corrected chi connectivity index (χ0v) is 10.3. The van der Waals surface area contributed by atoms with Crippen LogP contribution in [0.5, 0.6) is 0 Å². The van der Waals surface area contributed by atoms with Gasteiger partial charge in [-0.2, -0.15) is 0 Å². The summed E-state index contributed by atoms with van der Waals surface area (Å²) < 4.78 is 25.9. The largest absolute Gasteiger partial charge is 0.296 e. The summed E-state index contributed by atoms with van der Waals surface area (Å²) in [5.41, 5.74) is 0.859. The van der Waals surface area contributed by atoms with Gasteiger partial charge in [0.2, 0.25) is 0 Å². The van der Waals surface area contributed by atoms with Crippen molar-refractivity contribution in [2.45, 2.75) is 45.2 Å². The highest BCUT2D eigenvalue weighted by atomic mass is 19.2. The summed E-state index contributed by atoms with van der Waals surface area (Å²) in [7, 11) is 0. The Morgan fingerprint density at radius 2 is 1.88 bits per heavy atom. The molecule has 1 aromatic carbocycles. The second-order valence-electron chi connectivity index (χ2n) is 4.75. The maximum atomic E-state index is 13.1. The molecule has 1 aromatic rings. The molecule has 3 heteroatoms. The first kappa shape index (κ1) is 12.5. The molecular formula is C14H19F2N. The number of nitrogens with zero attached hydrogens (tertiary/aromatic N) is 1. The van der Waals surface area contributed by atoms with Crippen LogP contribution in [0.3, 0.4) is 0 Å². The summed E-state index contributed by atoms with van der Waals surface area (Å²) in [6.07, 6.45) is 5.05. The lowest BCUT2D eigenvalue weighted by Crippen LogP contribution is -2.32. The molecule has 0 bridgehead atoms. The molecular weight excluding hydrogens is 220 g/mol. The first-order chi connectivity index (χ1) is 8.20. The predicted octanol–water partition coefficient (Wildman–Crippen LogP) is 3.73. The molecule has 2 rings (SSSR count). The highest BCUT2D eigenvalue weighted by Crippen LogP contribution is 2.24. The highest BCUT2D eigenvalue weighted by Gasteiger charge is 2.21. The van der Waals surface area contributed by atoms with Gasteiger partial charge in [0.15, 0.2) is 11.6 Å². The summed E-state index contributed by atoms with van der Waals surface area (Å²) in [4.78, 5) is 2.36. The van der Waals surface area contributed by atoms with E-state index in [4.69, 9.17) is 0 Å². The van der Waals surface area contributed by atoms with Crippen molar-refractivity contribution in [3.8, 4) is 0 Å². The van der Waals surface area contributed by atoms with Gasteiger partial charge in [-0.25, -0.2) is 8.78 Å². The van der Waals surface area contributed by atoms with Crippen LogP contribution < -0.4 is 0 Å². The van der Waals surface area contributed by atoms with E-state index >= 15 is 0 Å². The van der Waals surface area contributed by atoms with Crippen LogP contribution in [0.15, 0.2) is 18.2 Å². The molecule has 17 heavy (non-hydrogen) atoms. The minimum Gasteiger partial charge on any atom is -0.296 e. The van der Waals surface area contributed by atoms with Gasteiger partial charge in [-0.15, -0.1) is 0 Å². The van der Waals surface area contributed by atoms with Crippen LogP contribution in [0.4, 0.5) is 8.78 Å². The van der Waals surface area contributed by atoms with E-state index in [1.807, 2.05) is 0 Å². The van der Waals surface area contributed by atoms with E-state index in [9.17, 15) is 8.78 Å². The molecule has 94 valence electrons. The fourth-order valence-corrected chi connectivity index (χ4v) is 2.64. The number of benzene rings is 1. The molecule has 0 heterocycles. The normalized spacial score (nSPS) is 16.9. The molecule has 1 aliphatic carbocycles. The lowest BCUT2D eigenvalue weighted by molar-refractivity contribution is 0.200. The quantitative estimate of drug-likeness (QED) is 0.774. The summed E-state index contributed by atoms with van der Waals surface area (Å²) >= 11 is 0. The number of hydrogen-bond donors (Lipinski definition) is 0. The standard InChI is InChI=1S/C14H19F2N/c1-2-17(12-5-3-4-6-12)10-11-7-8-13(15)14(16)9-11/h7-9,12H,2-6,10H2,1H3. The van der Waals surface area contributed by atoms with Crippen LogP contribution in [-0.4, -0.2) is 17.5 Å². The van der Waals surface area contributed by atoms with E-state index in [0.717, 1.165) is 18.7 Å². The van der Waals surface area contributed by atoms with E-state index in [1.54, 1.807) is 6.07 Å². The Hall–Kier alpha value is -0.960. The van der Waals surface area contributed by atoms with Crippen LogP contribution in [-0.2, 0) is 6.54 Å². The second kappa shape index (κ2) is 5.58. The maximum absolute atomic E-state index is 13.1. The van der Waals surface area contributed by atoms with E-state index in [2.05, 4.69) is 11.8 Å². The predicted molar refractivity (Wildman–Crippen MR) is 64.7 cm³/mol. The van der Waals surface area contributed by atoms with Crippen molar-refractivity contribution < 1.29 is 8.78 Å². The van der Waals surface area contributed by atoms with Crippen molar-refractivity contribution in [2.75, 3.05) is 6.54 Å². The molecule has 0 radical (unpaired) electrons. The molecule has 0 aromatic heterocycles. The molecule has 1 aliphatic rings. The van der Waals surface area contributed by atoms with Gasteiger partial charge in [0.25, 0.3) is 0 Å². The zero-order chi connectivity index (χ0) is 12.3. The molecule has 0 spiro atoms. The average molecular weight is 239 g/mol. The Bertz CT molecular complexity index is 372. The minimum atomic E-state index is -0.766. The van der Waals surface area contributed by atoms with E-state index < -0.39 is 11.6 Å². The van der Waals surface area contributed by atoms with Crippen LogP contribution in [0, 0.1) is 11.6 Å². The van der Waals surface area contributed by atoms with Crippen molar-refractivity contribution in [3.63, 3.8) is 0 Å². The number of halogens is 2. The molecule has 0 aliphatic heterocycles. The lowest BCUT2D eigenvalue weighted by atomic mass is 10.1. The van der Waals surface area contributed by atoms with Gasteiger partial charge in [-0.3, -0.25) is 4.90 Å². The van der Waals surface area contributed by atoms with Crippen molar-refractivity contribution in [3.05, 3.63) is 35.4 Å². The van der Waals surface area contributed by atoms with Crippen molar-refractivity contribution >= 4 is 0 Å². The van der Waals surface area contributed by atoms with Gasteiger partial charge in [0.1, 0.15) is 0 Å². The minimum absolute atomic E-state index is 0.619. The molecule has 0 atom stereocenters. The van der Waals surface area contributed by atoms with Crippen molar-refractivity contribution in [2.24, 2.45) is 0 Å². The summed E-state index contributed by atoms with van der Waals surface area (Å²) in [5, 5.41) is 0. The topological polar surface area (TPSA) is 3.24 Å². The van der Waals surface area contributed by atoms with Gasteiger partial charge in [-0.05, 0) is 37.1 Å². The molecule has 1 fully saturated rings. The molecule has 0 saturated heterocycles. The smallest absolute Gasteiger partial charge is 0.159 e. The number of rotatable bonds is 4. The van der Waals surface area contributed by atoms with Crippen LogP contribution in [0.1, 0.15) is 38.2 Å². The van der Waals surface area contributed by atoms with Gasteiger partial charge in [0.05, 0.1) is 0 Å². The molecule has 1 nitrogen and oxygen atoms in total. The Labute approximate surface area is 101 Å². The van der Waals surface area contributed by atoms with Gasteiger partial charge >= 0.3 is 0 Å². The summed E-state index contributed by atoms with van der Waals surface area (Å²) in [6, 6.07) is 4.82. The van der Waals surface area contributed by atoms with E-state index in [1.165, 1.54) is 37.8 Å². The Balaban J connectivity index is 2.04. The Kier molecular flexibility index (Phi) is 4.11. The Morgan fingerprint density at radius 1 is 1.18 bits per heavy atom. The van der Waals surface area contributed by atoms with Crippen molar-refractivity contribution in [1.82, 2.24) is 4.90 Å². The maximum Gasteiger partial charge on any atom is 0.159 e. The third kappa shape index (κ3) is 3.03. The van der Waals surface area contributed by atoms with Gasteiger partial charge in [-0.1, -0.05) is 25.8 Å². The van der Waals surface area contributed by atoms with Crippen molar-refractivity contribution in [1.29, 1.82) is 0 Å². The molecule has 0 amide bonds. The first-order valence-electron chi connectivity index (χ1n) is 6.38.